The summed E-state index contributed by atoms with van der Waals surface area (Å²) in [4.78, 5) is 11.0. The van der Waals surface area contributed by atoms with Crippen molar-refractivity contribution in [3.05, 3.63) is 28.7 Å². The molecule has 15 heavy (non-hydrogen) atoms. The number of hydrogen-bond acceptors (Lipinski definition) is 4. The van der Waals surface area contributed by atoms with Gasteiger partial charge in [0.05, 0.1) is 12.8 Å². The Balaban J connectivity index is 2.72. The minimum Gasteiger partial charge on any atom is -0.464 e. The Morgan fingerprint density at radius 2 is 2.13 bits per heavy atom. The molecule has 0 radical (unpaired) electrons. The van der Waals surface area contributed by atoms with Crippen LogP contribution in [0.3, 0.4) is 0 Å². The molecule has 0 saturated carbocycles. The number of carbonyl (C=O) groups excluding carboxylic acids is 1. The average molecular weight is 271 g/mol. The number of hydrogen-bond donors (Lipinski definition) is 1. The van der Waals surface area contributed by atoms with Crippen LogP contribution < -0.4 is 5.43 Å². The Morgan fingerprint density at radius 3 is 2.73 bits per heavy atom. The normalized spacial score (nSPS) is 11.0. The average Bonchev–Trinajstić information content (AvgIpc) is 2.26. The maximum Gasteiger partial charge on any atom is 0.353 e. The fourth-order valence-electron chi connectivity index (χ4n) is 0.889. The van der Waals surface area contributed by atoms with Crippen LogP contribution in [0.25, 0.3) is 0 Å². The highest BCUT2D eigenvalue weighted by molar-refractivity contribution is 9.10. The lowest BCUT2D eigenvalue weighted by Crippen LogP contribution is -2.13. The number of nitrogens with one attached hydrogen (secondary N) is 1. The minimum absolute atomic E-state index is 0.272. The topological polar surface area (TPSA) is 50.7 Å². The summed E-state index contributed by atoms with van der Waals surface area (Å²) in [5.74, 6) is -0.449. The first-order valence-corrected chi connectivity index (χ1v) is 5.07. The van der Waals surface area contributed by atoms with E-state index in [1.54, 1.807) is 6.92 Å². The molecule has 0 fully saturated rings. The van der Waals surface area contributed by atoms with Crippen molar-refractivity contribution in [1.82, 2.24) is 0 Å². The van der Waals surface area contributed by atoms with Gasteiger partial charge in [0.25, 0.3) is 0 Å². The van der Waals surface area contributed by atoms with Crippen molar-refractivity contribution in [3.8, 4) is 0 Å². The predicted molar refractivity (Wildman–Crippen MR) is 62.9 cm³/mol. The van der Waals surface area contributed by atoms with Crippen LogP contribution in [-0.2, 0) is 9.53 Å². The second-order valence-corrected chi connectivity index (χ2v) is 3.63. The summed E-state index contributed by atoms with van der Waals surface area (Å²) in [5.41, 5.74) is 3.83. The van der Waals surface area contributed by atoms with Gasteiger partial charge >= 0.3 is 5.97 Å². The van der Waals surface area contributed by atoms with E-state index in [0.29, 0.717) is 0 Å². The Bertz CT molecular complexity index is 391. The molecule has 0 atom stereocenters. The number of ether oxygens (including phenoxy) is 1. The lowest BCUT2D eigenvalue weighted by molar-refractivity contribution is -0.132. The van der Waals surface area contributed by atoms with Gasteiger partial charge in [0.15, 0.2) is 0 Å². The molecule has 5 heteroatoms. The van der Waals surface area contributed by atoms with Crippen molar-refractivity contribution in [2.75, 3.05) is 12.5 Å². The zero-order valence-electron chi connectivity index (χ0n) is 8.45. The Labute approximate surface area is 96.4 Å². The highest BCUT2D eigenvalue weighted by Gasteiger charge is 2.04. The molecule has 0 saturated heterocycles. The van der Waals surface area contributed by atoms with Crippen molar-refractivity contribution >= 4 is 33.3 Å². The molecular weight excluding hydrogens is 260 g/mol. The second kappa shape index (κ2) is 5.50. The van der Waals surface area contributed by atoms with Gasteiger partial charge in [-0.2, -0.15) is 5.10 Å². The first kappa shape index (κ1) is 11.7. The van der Waals surface area contributed by atoms with E-state index in [9.17, 15) is 4.79 Å². The summed E-state index contributed by atoms with van der Waals surface area (Å²) in [6, 6.07) is 7.49. The Hall–Kier alpha value is -1.36. The quantitative estimate of drug-likeness (QED) is 0.521. The summed E-state index contributed by atoms with van der Waals surface area (Å²) in [7, 11) is 1.32. The number of methoxy groups -OCH3 is 1. The van der Waals surface area contributed by atoms with Gasteiger partial charge in [-0.3, -0.25) is 5.43 Å². The molecular formula is C10H11BrN2O2. The predicted octanol–water partition coefficient (Wildman–Crippen LogP) is 2.41. The first-order valence-electron chi connectivity index (χ1n) is 4.28. The molecule has 0 aliphatic rings. The van der Waals surface area contributed by atoms with Crippen LogP contribution in [0.5, 0.6) is 0 Å². The van der Waals surface area contributed by atoms with E-state index in [0.717, 1.165) is 10.2 Å². The molecule has 1 N–H and O–H groups in total. The standard InChI is InChI=1S/C10H11BrN2O2/c1-7(10(14)15-2)12-13-9-6-4-3-5-8(9)11/h3-6,13H,1-2H3/b12-7+. The fourth-order valence-corrected chi connectivity index (χ4v) is 1.26. The van der Waals surface area contributed by atoms with E-state index in [1.165, 1.54) is 7.11 Å². The molecule has 1 aromatic rings. The summed E-state index contributed by atoms with van der Waals surface area (Å²) in [5, 5.41) is 3.89. The molecule has 0 aliphatic carbocycles. The zero-order valence-corrected chi connectivity index (χ0v) is 10.0. The lowest BCUT2D eigenvalue weighted by atomic mass is 10.3. The van der Waals surface area contributed by atoms with Crippen molar-refractivity contribution in [2.45, 2.75) is 6.92 Å². The molecule has 80 valence electrons. The summed E-state index contributed by atoms with van der Waals surface area (Å²) in [6.07, 6.45) is 0. The molecule has 0 aromatic heterocycles. The highest BCUT2D eigenvalue weighted by Crippen LogP contribution is 2.20. The summed E-state index contributed by atoms with van der Waals surface area (Å²) >= 11 is 3.35. The number of carbonyl (C=O) groups is 1. The number of halogens is 1. The maximum absolute atomic E-state index is 11.0. The number of para-hydroxylation sites is 1. The molecule has 0 bridgehead atoms. The van der Waals surface area contributed by atoms with Crippen molar-refractivity contribution in [3.63, 3.8) is 0 Å². The molecule has 1 rings (SSSR count). The number of hydrazone groups is 1. The first-order chi connectivity index (χ1) is 7.15. The minimum atomic E-state index is -0.449. The van der Waals surface area contributed by atoms with Crippen LogP contribution in [0.4, 0.5) is 5.69 Å². The van der Waals surface area contributed by atoms with Crippen molar-refractivity contribution < 1.29 is 9.53 Å². The van der Waals surface area contributed by atoms with Gasteiger partial charge in [-0.05, 0) is 35.0 Å². The SMILES string of the molecule is COC(=O)/C(C)=N/Nc1ccccc1Br. The van der Waals surface area contributed by atoms with E-state index in [4.69, 9.17) is 0 Å². The Kier molecular flexibility index (Phi) is 4.30. The number of nitrogens with zero attached hydrogens (tertiary/aromatic N) is 1. The third kappa shape index (κ3) is 3.36. The van der Waals surface area contributed by atoms with Crippen molar-refractivity contribution in [2.24, 2.45) is 5.10 Å². The van der Waals surface area contributed by atoms with Crippen LogP contribution in [0.15, 0.2) is 33.8 Å². The molecule has 0 heterocycles. The van der Waals surface area contributed by atoms with Gasteiger partial charge in [0.1, 0.15) is 5.71 Å². The molecule has 0 amide bonds. The molecule has 0 spiro atoms. The van der Waals surface area contributed by atoms with E-state index < -0.39 is 5.97 Å². The number of esters is 1. The van der Waals surface area contributed by atoms with E-state index in [2.05, 4.69) is 31.2 Å². The zero-order chi connectivity index (χ0) is 11.3. The van der Waals surface area contributed by atoms with Gasteiger partial charge in [-0.25, -0.2) is 4.79 Å². The smallest absolute Gasteiger partial charge is 0.353 e. The van der Waals surface area contributed by atoms with Crippen LogP contribution in [0.1, 0.15) is 6.92 Å². The van der Waals surface area contributed by atoms with E-state index in [-0.39, 0.29) is 5.71 Å². The highest BCUT2D eigenvalue weighted by atomic mass is 79.9. The number of anilines is 1. The van der Waals surface area contributed by atoms with Crippen molar-refractivity contribution in [1.29, 1.82) is 0 Å². The number of benzene rings is 1. The van der Waals surface area contributed by atoms with Crippen LogP contribution >= 0.6 is 15.9 Å². The molecule has 0 unspecified atom stereocenters. The van der Waals surface area contributed by atoms with E-state index in [1.807, 2.05) is 24.3 Å². The summed E-state index contributed by atoms with van der Waals surface area (Å²) in [6.45, 7) is 1.58. The molecule has 0 aliphatic heterocycles. The van der Waals surface area contributed by atoms with Gasteiger partial charge < -0.3 is 4.74 Å². The largest absolute Gasteiger partial charge is 0.464 e. The van der Waals surface area contributed by atoms with E-state index >= 15 is 0 Å². The lowest BCUT2D eigenvalue weighted by Gasteiger charge is -2.03. The third-order valence-electron chi connectivity index (χ3n) is 1.70. The second-order valence-electron chi connectivity index (χ2n) is 2.78. The van der Waals surface area contributed by atoms with Crippen LogP contribution in [-0.4, -0.2) is 18.8 Å². The number of rotatable bonds is 3. The van der Waals surface area contributed by atoms with Crippen LogP contribution in [0, 0.1) is 0 Å². The van der Waals surface area contributed by atoms with Gasteiger partial charge in [-0.1, -0.05) is 12.1 Å². The summed E-state index contributed by atoms with van der Waals surface area (Å²) < 4.78 is 5.39. The van der Waals surface area contributed by atoms with Gasteiger partial charge in [0.2, 0.25) is 0 Å². The molecule has 1 aromatic carbocycles. The van der Waals surface area contributed by atoms with Gasteiger partial charge in [0, 0.05) is 4.47 Å². The van der Waals surface area contributed by atoms with Gasteiger partial charge in [-0.15, -0.1) is 0 Å². The monoisotopic (exact) mass is 270 g/mol. The molecule has 4 nitrogen and oxygen atoms in total. The third-order valence-corrected chi connectivity index (χ3v) is 2.39. The Morgan fingerprint density at radius 1 is 1.47 bits per heavy atom. The fraction of sp³-hybridized carbons (Fsp3) is 0.200. The maximum atomic E-state index is 11.0. The van der Waals surface area contributed by atoms with Crippen LogP contribution in [0.2, 0.25) is 0 Å².